The molecule has 0 amide bonds. The first-order valence-electron chi connectivity index (χ1n) is 4.76. The van der Waals surface area contributed by atoms with Crippen molar-refractivity contribution in [3.8, 4) is 0 Å². The molecule has 1 rings (SSSR count). The zero-order valence-electron chi connectivity index (χ0n) is 9.83. The molecule has 0 atom stereocenters. The minimum atomic E-state index is -1.09. The van der Waals surface area contributed by atoms with Crippen LogP contribution in [0.4, 0.5) is 0 Å². The predicted octanol–water partition coefficient (Wildman–Crippen LogP) is 0.772. The largest absolute Gasteiger partial charge is 0.480 e. The Morgan fingerprint density at radius 3 is 2.20 bits per heavy atom. The monoisotopic (exact) mass is 216 g/mol. The number of carbonyl (C=O) groups is 1. The van der Waals surface area contributed by atoms with Crippen molar-refractivity contribution in [1.29, 1.82) is 0 Å². The molecule has 0 aromatic carbocycles. The number of aliphatic hydroxyl groups excluding tert-OH is 1. The molecule has 0 aliphatic carbocycles. The highest BCUT2D eigenvalue weighted by molar-refractivity contribution is 5.89. The van der Waals surface area contributed by atoms with Crippen LogP contribution in [0.25, 0.3) is 0 Å². The Kier molecular flexibility index (Phi) is 2.69. The number of aliphatic hydroxyl groups is 1. The first-order valence-corrected chi connectivity index (χ1v) is 4.76. The fourth-order valence-electron chi connectivity index (χ4n) is 1.29. The number of rotatable bonds is 2. The maximum absolute atomic E-state index is 11.6. The molecule has 0 unspecified atom stereocenters. The molecule has 0 saturated carbocycles. The molecular weight excluding hydrogens is 198 g/mol. The summed E-state index contributed by atoms with van der Waals surface area (Å²) in [4.78, 5) is 11.6. The number of quaternary nitrogens is 1. The lowest BCUT2D eigenvalue weighted by atomic mass is 10.2. The molecule has 0 aromatic rings. The first-order chi connectivity index (χ1) is 6.61. The quantitative estimate of drug-likeness (QED) is 0.547. The van der Waals surface area contributed by atoms with Gasteiger partial charge in [0.1, 0.15) is 6.54 Å². The highest BCUT2D eigenvalue weighted by Gasteiger charge is 2.38. The molecule has 0 bridgehead atoms. The van der Waals surface area contributed by atoms with E-state index in [0.717, 1.165) is 0 Å². The summed E-state index contributed by atoms with van der Waals surface area (Å²) in [6.45, 7) is 3.51. The highest BCUT2D eigenvalue weighted by Crippen LogP contribution is 2.25. The van der Waals surface area contributed by atoms with Gasteiger partial charge in [-0.3, -0.25) is 0 Å². The van der Waals surface area contributed by atoms with Crippen LogP contribution >= 0.6 is 0 Å². The van der Waals surface area contributed by atoms with Crippen LogP contribution in [0.1, 0.15) is 13.8 Å². The average Bonchev–Trinajstić information content (AvgIpc) is 1.93. The van der Waals surface area contributed by atoms with Gasteiger partial charge in [-0.2, -0.15) is 0 Å². The van der Waals surface area contributed by atoms with Gasteiger partial charge in [-0.1, -0.05) is 0 Å². The summed E-state index contributed by atoms with van der Waals surface area (Å²) in [5.41, 5.74) is 0.182. The lowest BCUT2D eigenvalue weighted by molar-refractivity contribution is -0.865. The minimum absolute atomic E-state index is 0.182. The molecule has 0 radical (unpaired) electrons. The summed E-state index contributed by atoms with van der Waals surface area (Å²) in [5.74, 6) is -1.93. The van der Waals surface area contributed by atoms with E-state index in [-0.39, 0.29) is 11.5 Å². The van der Waals surface area contributed by atoms with E-state index in [1.54, 1.807) is 13.8 Å². The molecule has 1 heterocycles. The van der Waals surface area contributed by atoms with E-state index in [0.29, 0.717) is 11.0 Å². The van der Waals surface area contributed by atoms with Crippen molar-refractivity contribution in [2.24, 2.45) is 0 Å². The molecule has 0 fully saturated rings. The zero-order valence-corrected chi connectivity index (χ0v) is 9.83. The third kappa shape index (κ3) is 3.13. The fraction of sp³-hybridized carbons (Fsp3) is 0.700. The second-order valence-corrected chi connectivity index (χ2v) is 5.12. The number of nitrogens with zero attached hydrogens (tertiary/aromatic N) is 1. The summed E-state index contributed by atoms with van der Waals surface area (Å²) in [7, 11) is 5.73. The van der Waals surface area contributed by atoms with E-state index in [4.69, 9.17) is 9.47 Å². The third-order valence-corrected chi connectivity index (χ3v) is 1.82. The lowest BCUT2D eigenvalue weighted by Gasteiger charge is -2.32. The fourth-order valence-corrected chi connectivity index (χ4v) is 1.29. The van der Waals surface area contributed by atoms with Crippen LogP contribution in [-0.2, 0) is 14.3 Å². The van der Waals surface area contributed by atoms with Crippen molar-refractivity contribution in [2.45, 2.75) is 19.6 Å². The lowest BCUT2D eigenvalue weighted by Crippen LogP contribution is -2.43. The Labute approximate surface area is 89.5 Å². The molecule has 5 nitrogen and oxygen atoms in total. The van der Waals surface area contributed by atoms with Crippen molar-refractivity contribution < 1.29 is 23.9 Å². The van der Waals surface area contributed by atoms with Crippen LogP contribution < -0.4 is 0 Å². The van der Waals surface area contributed by atoms with E-state index >= 15 is 0 Å². The maximum atomic E-state index is 11.6. The third-order valence-electron chi connectivity index (χ3n) is 1.82. The smallest absolute Gasteiger partial charge is 0.350 e. The van der Waals surface area contributed by atoms with Crippen LogP contribution in [-0.4, -0.2) is 49.0 Å². The Morgan fingerprint density at radius 2 is 1.80 bits per heavy atom. The van der Waals surface area contributed by atoms with Crippen LogP contribution in [0.5, 0.6) is 0 Å². The van der Waals surface area contributed by atoms with E-state index in [2.05, 4.69) is 0 Å². The van der Waals surface area contributed by atoms with Gasteiger partial charge >= 0.3 is 5.97 Å². The van der Waals surface area contributed by atoms with Gasteiger partial charge in [0.05, 0.1) is 21.1 Å². The Hall–Kier alpha value is -1.23. The zero-order chi connectivity index (χ0) is 11.9. The number of cyclic esters (lactones) is 1. The van der Waals surface area contributed by atoms with Crippen LogP contribution in [0.2, 0.25) is 0 Å². The van der Waals surface area contributed by atoms with Crippen LogP contribution in [0, 0.1) is 0 Å². The Morgan fingerprint density at radius 1 is 1.27 bits per heavy atom. The summed E-state index contributed by atoms with van der Waals surface area (Å²) >= 11 is 0. The highest BCUT2D eigenvalue weighted by atomic mass is 16.8. The predicted molar refractivity (Wildman–Crippen MR) is 53.8 cm³/mol. The summed E-state index contributed by atoms with van der Waals surface area (Å²) < 4.78 is 10.6. The van der Waals surface area contributed by atoms with E-state index in [9.17, 15) is 9.90 Å². The Balaban J connectivity index is 2.93. The molecule has 1 N–H and O–H groups in total. The first kappa shape index (κ1) is 11.8. The second kappa shape index (κ2) is 3.41. The Bertz CT molecular complexity index is 312. The van der Waals surface area contributed by atoms with Crippen molar-refractivity contribution in [2.75, 3.05) is 27.7 Å². The standard InChI is InChI=1S/C10H17NO4/c1-10(2)14-8(12)7(9(13)15-10)6-11(3,4)5/h6H2,1-5H3/p+1. The molecule has 86 valence electrons. The summed E-state index contributed by atoms with van der Waals surface area (Å²) in [6, 6.07) is 0. The normalized spacial score (nSPS) is 21.0. The van der Waals surface area contributed by atoms with Crippen molar-refractivity contribution in [3.05, 3.63) is 11.5 Å². The minimum Gasteiger partial charge on any atom is -0.480 e. The maximum Gasteiger partial charge on any atom is 0.350 e. The van der Waals surface area contributed by atoms with E-state index in [1.807, 2.05) is 21.1 Å². The SMILES string of the molecule is CC1(C)OC(=O)C(C[N+](C)(C)C)=C(O)O1. The number of ether oxygens (including phenoxy) is 2. The number of hydrogen-bond donors (Lipinski definition) is 1. The van der Waals surface area contributed by atoms with Crippen LogP contribution in [0.3, 0.4) is 0 Å². The molecule has 5 heteroatoms. The van der Waals surface area contributed by atoms with E-state index < -0.39 is 11.8 Å². The van der Waals surface area contributed by atoms with Gasteiger partial charge in [-0.25, -0.2) is 4.79 Å². The second-order valence-electron chi connectivity index (χ2n) is 5.12. The topological polar surface area (TPSA) is 55.8 Å². The van der Waals surface area contributed by atoms with Crippen molar-refractivity contribution in [3.63, 3.8) is 0 Å². The van der Waals surface area contributed by atoms with Gasteiger partial charge in [0, 0.05) is 13.8 Å². The van der Waals surface area contributed by atoms with Gasteiger partial charge in [0.2, 0.25) is 0 Å². The van der Waals surface area contributed by atoms with Gasteiger partial charge in [0.25, 0.3) is 11.7 Å². The van der Waals surface area contributed by atoms with Gasteiger partial charge < -0.3 is 19.1 Å². The number of carbonyl (C=O) groups excluding carboxylic acids is 1. The molecule has 0 spiro atoms. The van der Waals surface area contributed by atoms with Crippen molar-refractivity contribution in [1.82, 2.24) is 0 Å². The molecule has 1 aliphatic heterocycles. The molecule has 1 aliphatic rings. The number of likely N-dealkylation sites (N-methyl/N-ethyl adjacent to an activating group) is 1. The van der Waals surface area contributed by atoms with Crippen molar-refractivity contribution >= 4 is 5.97 Å². The molecule has 0 saturated heterocycles. The molecule has 15 heavy (non-hydrogen) atoms. The molecule has 0 aromatic heterocycles. The van der Waals surface area contributed by atoms with Gasteiger partial charge in [-0.05, 0) is 0 Å². The van der Waals surface area contributed by atoms with Gasteiger partial charge in [-0.15, -0.1) is 0 Å². The molecular formula is C10H18NO4+. The van der Waals surface area contributed by atoms with E-state index in [1.165, 1.54) is 0 Å². The summed E-state index contributed by atoms with van der Waals surface area (Å²) in [5, 5.41) is 9.58. The number of hydrogen-bond acceptors (Lipinski definition) is 4. The summed E-state index contributed by atoms with van der Waals surface area (Å²) in [6.07, 6.45) is 0. The average molecular weight is 216 g/mol. The van der Waals surface area contributed by atoms with Gasteiger partial charge in [0.15, 0.2) is 5.57 Å². The van der Waals surface area contributed by atoms with Crippen LogP contribution in [0.15, 0.2) is 11.5 Å². The number of esters is 1.